The second kappa shape index (κ2) is 6.39. The van der Waals surface area contributed by atoms with Crippen molar-refractivity contribution in [2.45, 2.75) is 12.2 Å². The van der Waals surface area contributed by atoms with Gasteiger partial charge in [-0.3, -0.25) is 5.32 Å². The average molecular weight is 257 g/mol. The van der Waals surface area contributed by atoms with Crippen LogP contribution in [0.2, 0.25) is 0 Å². The van der Waals surface area contributed by atoms with Crippen molar-refractivity contribution >= 4 is 28.1 Å². The Morgan fingerprint density at radius 2 is 2.12 bits per heavy atom. The average Bonchev–Trinajstić information content (AvgIpc) is 2.29. The van der Waals surface area contributed by atoms with E-state index in [9.17, 15) is 9.18 Å². The molecule has 1 N–H and O–H groups in total. The molecule has 0 bridgehead atoms. The van der Waals surface area contributed by atoms with E-state index < -0.39 is 6.09 Å². The largest absolute Gasteiger partial charge is 0.448 e. The van der Waals surface area contributed by atoms with Gasteiger partial charge >= 0.3 is 6.09 Å². The van der Waals surface area contributed by atoms with Gasteiger partial charge in [0.1, 0.15) is 12.4 Å². The number of anilines is 1. The zero-order valence-corrected chi connectivity index (χ0v) is 10.7. The van der Waals surface area contributed by atoms with E-state index in [1.807, 2.05) is 13.2 Å². The Labute approximate surface area is 103 Å². The van der Waals surface area contributed by atoms with Crippen molar-refractivity contribution in [1.29, 1.82) is 0 Å². The lowest BCUT2D eigenvalue weighted by Crippen LogP contribution is -2.19. The minimum absolute atomic E-state index is 0.0309. The lowest BCUT2D eigenvalue weighted by Gasteiger charge is -2.13. The number of hydrogen-bond donors (Lipinski definition) is 1. The Morgan fingerprint density at radius 1 is 1.53 bits per heavy atom. The molecule has 0 saturated heterocycles. The van der Waals surface area contributed by atoms with Crippen LogP contribution in [0.1, 0.15) is 6.92 Å². The molecular weight excluding hydrogens is 241 g/mol. The Balaban J connectivity index is 2.39. The molecule has 1 aromatic carbocycles. The van der Waals surface area contributed by atoms with Gasteiger partial charge in [0, 0.05) is 10.9 Å². The molecule has 0 fully saturated rings. The zero-order chi connectivity index (χ0) is 12.8. The molecule has 0 radical (unpaired) electrons. The molecule has 1 aromatic rings. The van der Waals surface area contributed by atoms with Crippen LogP contribution in [0.4, 0.5) is 14.9 Å². The van der Waals surface area contributed by atoms with Crippen LogP contribution in [0.15, 0.2) is 24.3 Å². The van der Waals surface area contributed by atoms with Crippen LogP contribution in [0, 0.1) is 5.82 Å². The first-order valence-electron chi connectivity index (χ1n) is 5.13. The molecular formula is C12H16FNO2S. The first kappa shape index (κ1) is 13.7. The van der Waals surface area contributed by atoms with Gasteiger partial charge in [0.05, 0.1) is 0 Å². The predicted molar refractivity (Wildman–Crippen MR) is 71.5 cm³/mol. The van der Waals surface area contributed by atoms with Gasteiger partial charge in [-0.2, -0.15) is 10.5 Å². The van der Waals surface area contributed by atoms with Gasteiger partial charge in [0.25, 0.3) is 0 Å². The number of rotatable bonds is 4. The van der Waals surface area contributed by atoms with Crippen LogP contribution in [0.25, 0.3) is 0 Å². The molecule has 0 saturated carbocycles. The van der Waals surface area contributed by atoms with Crippen LogP contribution in [0.5, 0.6) is 0 Å². The monoisotopic (exact) mass is 257 g/mol. The molecule has 0 spiro atoms. The summed E-state index contributed by atoms with van der Waals surface area (Å²) >= 11 is 0. The van der Waals surface area contributed by atoms with Gasteiger partial charge in [-0.05, 0) is 30.5 Å². The highest BCUT2D eigenvalue weighted by Gasteiger charge is 2.07. The smallest absolute Gasteiger partial charge is 0.411 e. The topological polar surface area (TPSA) is 38.3 Å². The molecule has 0 aliphatic rings. The number of ether oxygens (including phenoxy) is 1. The third-order valence-corrected chi connectivity index (χ3v) is 3.74. The third kappa shape index (κ3) is 4.99. The highest BCUT2D eigenvalue weighted by atomic mass is 32.2. The first-order valence-corrected chi connectivity index (χ1v) is 6.99. The van der Waals surface area contributed by atoms with E-state index in [1.165, 1.54) is 24.3 Å². The normalized spacial score (nSPS) is 13.8. The fourth-order valence-electron chi connectivity index (χ4n) is 0.996. The highest BCUT2D eigenvalue weighted by molar-refractivity contribution is 8.14. The predicted octanol–water partition coefficient (Wildman–Crippen LogP) is 3.09. The standard InChI is InChI=1S/C12H16FNO2S/c1-9(17(2)3)8-16-12(15)14-11-6-4-10(13)5-7-11/h4-7,9H,2,8H2,1,3H3,(H,14,15). The zero-order valence-electron chi connectivity index (χ0n) is 9.90. The summed E-state index contributed by atoms with van der Waals surface area (Å²) in [7, 11) is -0.0309. The summed E-state index contributed by atoms with van der Waals surface area (Å²) in [6.07, 6.45) is 1.46. The summed E-state index contributed by atoms with van der Waals surface area (Å²) in [5.41, 5.74) is 0.508. The van der Waals surface area contributed by atoms with Crippen molar-refractivity contribution in [2.75, 3.05) is 18.2 Å². The molecule has 1 rings (SSSR count). The molecule has 2 atom stereocenters. The van der Waals surface area contributed by atoms with E-state index in [0.29, 0.717) is 12.3 Å². The summed E-state index contributed by atoms with van der Waals surface area (Å²) in [5.74, 6) is 3.54. The van der Waals surface area contributed by atoms with Gasteiger partial charge in [-0.1, -0.05) is 12.8 Å². The maximum absolute atomic E-state index is 12.6. The maximum atomic E-state index is 12.6. The van der Waals surface area contributed by atoms with Crippen molar-refractivity contribution in [2.24, 2.45) is 0 Å². The van der Waals surface area contributed by atoms with Crippen LogP contribution in [0.3, 0.4) is 0 Å². The van der Waals surface area contributed by atoms with Crippen molar-refractivity contribution in [3.05, 3.63) is 30.1 Å². The number of carbonyl (C=O) groups is 1. The first-order chi connectivity index (χ1) is 7.99. The van der Waals surface area contributed by atoms with Gasteiger partial charge < -0.3 is 4.74 Å². The number of amides is 1. The fourth-order valence-corrected chi connectivity index (χ4v) is 1.30. The maximum Gasteiger partial charge on any atom is 0.411 e. The molecule has 2 unspecified atom stereocenters. The SMILES string of the molecule is C=S(C)C(C)COC(=O)Nc1ccc(F)cc1. The summed E-state index contributed by atoms with van der Waals surface area (Å²) < 4.78 is 17.6. The van der Waals surface area contributed by atoms with Crippen LogP contribution in [-0.4, -0.2) is 30.1 Å². The van der Waals surface area contributed by atoms with Crippen LogP contribution < -0.4 is 5.32 Å². The molecule has 5 heteroatoms. The fraction of sp³-hybridized carbons (Fsp3) is 0.333. The molecule has 0 aliphatic carbocycles. The summed E-state index contributed by atoms with van der Waals surface area (Å²) in [6, 6.07) is 5.51. The van der Waals surface area contributed by atoms with Crippen molar-refractivity contribution in [3.63, 3.8) is 0 Å². The van der Waals surface area contributed by atoms with Crippen molar-refractivity contribution in [3.8, 4) is 0 Å². The van der Waals surface area contributed by atoms with E-state index in [4.69, 9.17) is 4.74 Å². The van der Waals surface area contributed by atoms with Gasteiger partial charge in [-0.15, -0.1) is 0 Å². The summed E-state index contributed by atoms with van der Waals surface area (Å²) in [4.78, 5) is 11.4. The Kier molecular flexibility index (Phi) is 5.15. The highest BCUT2D eigenvalue weighted by Crippen LogP contribution is 2.13. The number of carbonyl (C=O) groups excluding carboxylic acids is 1. The van der Waals surface area contributed by atoms with E-state index >= 15 is 0 Å². The van der Waals surface area contributed by atoms with E-state index in [2.05, 4.69) is 11.2 Å². The summed E-state index contributed by atoms with van der Waals surface area (Å²) in [5, 5.41) is 2.75. The molecule has 17 heavy (non-hydrogen) atoms. The molecule has 0 aromatic heterocycles. The lowest BCUT2D eigenvalue weighted by atomic mass is 10.3. The Bertz CT molecular complexity index is 405. The van der Waals surface area contributed by atoms with E-state index in [-0.39, 0.29) is 21.6 Å². The van der Waals surface area contributed by atoms with E-state index in [1.54, 1.807) is 0 Å². The third-order valence-electron chi connectivity index (χ3n) is 2.23. The van der Waals surface area contributed by atoms with Gasteiger partial charge in [-0.25, -0.2) is 9.18 Å². The molecule has 94 valence electrons. The number of nitrogens with one attached hydrogen (secondary N) is 1. The lowest BCUT2D eigenvalue weighted by molar-refractivity contribution is 0.163. The Hall–Kier alpha value is -1.36. The molecule has 1 amide bonds. The Morgan fingerprint density at radius 3 is 2.65 bits per heavy atom. The molecule has 3 nitrogen and oxygen atoms in total. The quantitative estimate of drug-likeness (QED) is 0.842. The number of benzene rings is 1. The van der Waals surface area contributed by atoms with Gasteiger partial charge in [0.15, 0.2) is 0 Å². The van der Waals surface area contributed by atoms with Crippen LogP contribution >= 0.6 is 10.5 Å². The van der Waals surface area contributed by atoms with Gasteiger partial charge in [0.2, 0.25) is 0 Å². The number of hydrogen-bond acceptors (Lipinski definition) is 2. The van der Waals surface area contributed by atoms with Crippen LogP contribution in [-0.2, 0) is 4.74 Å². The van der Waals surface area contributed by atoms with Crippen molar-refractivity contribution < 1.29 is 13.9 Å². The molecule has 0 heterocycles. The minimum Gasteiger partial charge on any atom is -0.448 e. The second-order valence-corrected chi connectivity index (χ2v) is 5.92. The number of halogens is 1. The van der Waals surface area contributed by atoms with Crippen molar-refractivity contribution in [1.82, 2.24) is 0 Å². The second-order valence-electron chi connectivity index (χ2n) is 3.73. The molecule has 0 aliphatic heterocycles. The summed E-state index contributed by atoms with van der Waals surface area (Å²) in [6.45, 7) is 2.30. The van der Waals surface area contributed by atoms with E-state index in [0.717, 1.165) is 0 Å². The minimum atomic E-state index is -0.533.